The molecule has 4 heteroatoms. The Bertz CT molecular complexity index is 304. The molecular weight excluding hydrogens is 262 g/mol. The molecule has 124 valence electrons. The average molecular weight is 297 g/mol. The molecular formula is C17H35N3O. The topological polar surface area (TPSA) is 56.7 Å². The molecule has 0 spiro atoms. The predicted molar refractivity (Wildman–Crippen MR) is 90.6 cm³/mol. The Balaban J connectivity index is 2.36. The minimum Gasteiger partial charge on any atom is -0.393 e. The van der Waals surface area contributed by atoms with Crippen LogP contribution in [0, 0.1) is 11.8 Å². The van der Waals surface area contributed by atoms with E-state index >= 15 is 0 Å². The maximum atomic E-state index is 9.87. The molecule has 0 amide bonds. The van der Waals surface area contributed by atoms with Gasteiger partial charge in [0.15, 0.2) is 5.96 Å². The minimum absolute atomic E-state index is 0.153. The van der Waals surface area contributed by atoms with Crippen molar-refractivity contribution in [3.05, 3.63) is 0 Å². The second-order valence-electron chi connectivity index (χ2n) is 6.85. The van der Waals surface area contributed by atoms with E-state index < -0.39 is 0 Å². The van der Waals surface area contributed by atoms with Crippen molar-refractivity contribution in [2.24, 2.45) is 16.8 Å². The summed E-state index contributed by atoms with van der Waals surface area (Å²) in [5.74, 6) is 2.02. The monoisotopic (exact) mass is 297 g/mol. The van der Waals surface area contributed by atoms with Gasteiger partial charge in [-0.25, -0.2) is 0 Å². The summed E-state index contributed by atoms with van der Waals surface area (Å²) in [6.45, 7) is 10.5. The van der Waals surface area contributed by atoms with Crippen molar-refractivity contribution < 1.29 is 5.11 Å². The first kappa shape index (κ1) is 18.3. The van der Waals surface area contributed by atoms with Crippen molar-refractivity contribution >= 4 is 5.96 Å². The first-order valence-electron chi connectivity index (χ1n) is 8.75. The standard InChI is InChI=1S/C17H35N3O/c1-5-18-17(19-12-15-10-7-11-16(15)21)20-14(4)9-6-8-13(2)3/h13-16,21H,5-12H2,1-4H3,(H2,18,19,20). The van der Waals surface area contributed by atoms with Gasteiger partial charge in [-0.1, -0.05) is 33.1 Å². The van der Waals surface area contributed by atoms with Gasteiger partial charge in [0.1, 0.15) is 0 Å². The number of guanidine groups is 1. The Labute approximate surface area is 130 Å². The number of aliphatic imine (C=N–C) groups is 1. The summed E-state index contributed by atoms with van der Waals surface area (Å²) in [4.78, 5) is 4.66. The molecule has 1 saturated carbocycles. The van der Waals surface area contributed by atoms with Crippen LogP contribution in [0.15, 0.2) is 4.99 Å². The van der Waals surface area contributed by atoms with E-state index in [-0.39, 0.29) is 6.10 Å². The van der Waals surface area contributed by atoms with Gasteiger partial charge in [-0.05, 0) is 39.0 Å². The Morgan fingerprint density at radius 3 is 2.57 bits per heavy atom. The third-order valence-electron chi connectivity index (χ3n) is 4.25. The fraction of sp³-hybridized carbons (Fsp3) is 0.941. The van der Waals surface area contributed by atoms with Crippen LogP contribution in [0.2, 0.25) is 0 Å². The molecule has 0 aliphatic heterocycles. The molecule has 4 nitrogen and oxygen atoms in total. The molecule has 1 aliphatic rings. The van der Waals surface area contributed by atoms with Crippen molar-refractivity contribution in [3.8, 4) is 0 Å². The highest BCUT2D eigenvalue weighted by Gasteiger charge is 2.24. The molecule has 1 rings (SSSR count). The van der Waals surface area contributed by atoms with Crippen molar-refractivity contribution in [3.63, 3.8) is 0 Å². The SMILES string of the molecule is CCNC(=NCC1CCCC1O)NC(C)CCCC(C)C. The molecule has 0 saturated heterocycles. The minimum atomic E-state index is -0.153. The fourth-order valence-corrected chi connectivity index (χ4v) is 2.90. The summed E-state index contributed by atoms with van der Waals surface area (Å²) in [6.07, 6.45) is 6.75. The first-order chi connectivity index (χ1) is 10.0. The number of aliphatic hydroxyl groups is 1. The van der Waals surface area contributed by atoms with Crippen LogP contribution in [0.4, 0.5) is 0 Å². The summed E-state index contributed by atoms with van der Waals surface area (Å²) < 4.78 is 0. The predicted octanol–water partition coefficient (Wildman–Crippen LogP) is 2.92. The van der Waals surface area contributed by atoms with E-state index in [9.17, 15) is 5.11 Å². The zero-order valence-corrected chi connectivity index (χ0v) is 14.4. The van der Waals surface area contributed by atoms with Gasteiger partial charge in [0.2, 0.25) is 0 Å². The molecule has 3 unspecified atom stereocenters. The van der Waals surface area contributed by atoms with Gasteiger partial charge < -0.3 is 15.7 Å². The summed E-state index contributed by atoms with van der Waals surface area (Å²) in [6, 6.07) is 0.440. The van der Waals surface area contributed by atoms with E-state index in [1.54, 1.807) is 0 Å². The summed E-state index contributed by atoms with van der Waals surface area (Å²) in [5, 5.41) is 16.7. The van der Waals surface area contributed by atoms with Gasteiger partial charge in [0.05, 0.1) is 6.10 Å². The lowest BCUT2D eigenvalue weighted by atomic mass is 10.0. The van der Waals surface area contributed by atoms with Crippen LogP contribution in [-0.4, -0.2) is 36.3 Å². The molecule has 3 atom stereocenters. The lowest BCUT2D eigenvalue weighted by Crippen LogP contribution is -2.42. The van der Waals surface area contributed by atoms with Gasteiger partial charge in [0, 0.05) is 25.0 Å². The highest BCUT2D eigenvalue weighted by Crippen LogP contribution is 2.25. The number of rotatable bonds is 8. The maximum Gasteiger partial charge on any atom is 0.191 e. The van der Waals surface area contributed by atoms with Crippen molar-refractivity contribution in [1.29, 1.82) is 0 Å². The van der Waals surface area contributed by atoms with Gasteiger partial charge in [0.25, 0.3) is 0 Å². The molecule has 0 aromatic heterocycles. The smallest absolute Gasteiger partial charge is 0.191 e. The van der Waals surface area contributed by atoms with Crippen LogP contribution >= 0.6 is 0 Å². The van der Waals surface area contributed by atoms with Crippen LogP contribution in [0.25, 0.3) is 0 Å². The number of hydrogen-bond acceptors (Lipinski definition) is 2. The number of nitrogens with one attached hydrogen (secondary N) is 2. The molecule has 3 N–H and O–H groups in total. The quantitative estimate of drug-likeness (QED) is 0.477. The molecule has 0 bridgehead atoms. The highest BCUT2D eigenvalue weighted by molar-refractivity contribution is 5.80. The van der Waals surface area contributed by atoms with Crippen LogP contribution < -0.4 is 10.6 Å². The molecule has 0 heterocycles. The summed E-state index contributed by atoms with van der Waals surface area (Å²) >= 11 is 0. The van der Waals surface area contributed by atoms with Gasteiger partial charge in [-0.3, -0.25) is 4.99 Å². The van der Waals surface area contributed by atoms with E-state index in [4.69, 9.17) is 0 Å². The normalized spacial score (nSPS) is 24.4. The third-order valence-corrected chi connectivity index (χ3v) is 4.25. The number of aliphatic hydroxyl groups excluding tert-OH is 1. The second-order valence-corrected chi connectivity index (χ2v) is 6.85. The van der Waals surface area contributed by atoms with Gasteiger partial charge in [-0.2, -0.15) is 0 Å². The van der Waals surface area contributed by atoms with E-state index in [2.05, 4.69) is 43.3 Å². The Hall–Kier alpha value is -0.770. The Kier molecular flexibility index (Phi) is 8.74. The van der Waals surface area contributed by atoms with Crippen LogP contribution in [0.3, 0.4) is 0 Å². The van der Waals surface area contributed by atoms with Crippen molar-refractivity contribution in [2.75, 3.05) is 13.1 Å². The average Bonchev–Trinajstić information content (AvgIpc) is 2.81. The van der Waals surface area contributed by atoms with E-state index in [1.165, 1.54) is 19.3 Å². The first-order valence-corrected chi connectivity index (χ1v) is 8.75. The van der Waals surface area contributed by atoms with Crippen molar-refractivity contribution in [2.45, 2.75) is 78.4 Å². The molecule has 21 heavy (non-hydrogen) atoms. The summed E-state index contributed by atoms with van der Waals surface area (Å²) in [5.41, 5.74) is 0. The van der Waals surface area contributed by atoms with E-state index in [0.29, 0.717) is 12.0 Å². The largest absolute Gasteiger partial charge is 0.393 e. The zero-order valence-electron chi connectivity index (χ0n) is 14.4. The molecule has 1 fully saturated rings. The van der Waals surface area contributed by atoms with E-state index in [1.807, 2.05) is 0 Å². The fourth-order valence-electron chi connectivity index (χ4n) is 2.90. The molecule has 0 aromatic rings. The highest BCUT2D eigenvalue weighted by atomic mass is 16.3. The molecule has 1 aliphatic carbocycles. The van der Waals surface area contributed by atoms with Gasteiger partial charge in [-0.15, -0.1) is 0 Å². The maximum absolute atomic E-state index is 9.87. The van der Waals surface area contributed by atoms with Crippen molar-refractivity contribution in [1.82, 2.24) is 10.6 Å². The lowest BCUT2D eigenvalue weighted by molar-refractivity contribution is 0.136. The van der Waals surface area contributed by atoms with E-state index in [0.717, 1.165) is 44.2 Å². The van der Waals surface area contributed by atoms with Gasteiger partial charge >= 0.3 is 0 Å². The van der Waals surface area contributed by atoms with Crippen LogP contribution in [0.1, 0.15) is 66.2 Å². The second kappa shape index (κ2) is 10.0. The Morgan fingerprint density at radius 2 is 2.00 bits per heavy atom. The number of nitrogens with zero attached hydrogens (tertiary/aromatic N) is 1. The van der Waals surface area contributed by atoms with Crippen LogP contribution in [-0.2, 0) is 0 Å². The zero-order chi connectivity index (χ0) is 15.7. The lowest BCUT2D eigenvalue weighted by Gasteiger charge is -2.19. The molecule has 0 aromatic carbocycles. The Morgan fingerprint density at radius 1 is 1.24 bits per heavy atom. The summed E-state index contributed by atoms with van der Waals surface area (Å²) in [7, 11) is 0. The van der Waals surface area contributed by atoms with Crippen LogP contribution in [0.5, 0.6) is 0 Å². The third kappa shape index (κ3) is 7.70. The molecule has 0 radical (unpaired) electrons. The number of hydrogen-bond donors (Lipinski definition) is 3.